The molecular formula is C14H18N2O2. The first-order chi connectivity index (χ1) is 8.51. The number of ether oxygens (including phenoxy) is 1. The van der Waals surface area contributed by atoms with Gasteiger partial charge in [0.2, 0.25) is 0 Å². The number of hydrogen-bond acceptors (Lipinski definition) is 4. The minimum Gasteiger partial charge on any atom is -0.383 e. The lowest BCUT2D eigenvalue weighted by Crippen LogP contribution is -2.33. The molecule has 0 aliphatic rings. The number of likely N-dealkylation sites (N-methyl/N-ethyl adjacent to an activating group) is 1. The van der Waals surface area contributed by atoms with Crippen molar-refractivity contribution in [2.45, 2.75) is 19.9 Å². The Labute approximate surface area is 108 Å². The highest BCUT2D eigenvalue weighted by molar-refractivity contribution is 6.00. The number of ketones is 1. The fourth-order valence-corrected chi connectivity index (χ4v) is 1.78. The number of benzene rings is 1. The van der Waals surface area contributed by atoms with Gasteiger partial charge in [-0.1, -0.05) is 0 Å². The van der Waals surface area contributed by atoms with Crippen LogP contribution in [0.2, 0.25) is 0 Å². The van der Waals surface area contributed by atoms with Crippen molar-refractivity contribution in [1.82, 2.24) is 0 Å². The Morgan fingerprint density at radius 2 is 2.22 bits per heavy atom. The number of rotatable bonds is 5. The lowest BCUT2D eigenvalue weighted by molar-refractivity contribution is 0.101. The van der Waals surface area contributed by atoms with E-state index in [1.165, 1.54) is 6.92 Å². The van der Waals surface area contributed by atoms with Crippen molar-refractivity contribution in [2.75, 3.05) is 25.7 Å². The number of methoxy groups -OCH3 is 1. The van der Waals surface area contributed by atoms with E-state index in [1.807, 2.05) is 18.9 Å². The average Bonchev–Trinajstić information content (AvgIpc) is 2.37. The second-order valence-corrected chi connectivity index (χ2v) is 4.32. The topological polar surface area (TPSA) is 53.3 Å². The van der Waals surface area contributed by atoms with Crippen molar-refractivity contribution in [1.29, 1.82) is 5.26 Å². The number of nitriles is 1. The highest BCUT2D eigenvalue weighted by Gasteiger charge is 2.16. The Morgan fingerprint density at radius 3 is 2.72 bits per heavy atom. The molecule has 0 fully saturated rings. The predicted octanol–water partition coefficient (Wildman–Crippen LogP) is 2.23. The van der Waals surface area contributed by atoms with Gasteiger partial charge in [-0.05, 0) is 32.0 Å². The summed E-state index contributed by atoms with van der Waals surface area (Å²) in [7, 11) is 3.54. The van der Waals surface area contributed by atoms with Gasteiger partial charge in [-0.25, -0.2) is 0 Å². The highest BCUT2D eigenvalue weighted by Crippen LogP contribution is 2.23. The molecule has 1 unspecified atom stereocenters. The summed E-state index contributed by atoms with van der Waals surface area (Å²) in [5, 5.41) is 8.94. The van der Waals surface area contributed by atoms with Crippen molar-refractivity contribution < 1.29 is 9.53 Å². The zero-order valence-electron chi connectivity index (χ0n) is 11.2. The number of nitrogens with zero attached hydrogens (tertiary/aromatic N) is 2. The molecule has 0 spiro atoms. The average molecular weight is 246 g/mol. The van der Waals surface area contributed by atoms with Crippen molar-refractivity contribution >= 4 is 11.5 Å². The van der Waals surface area contributed by atoms with Gasteiger partial charge in [-0.2, -0.15) is 5.26 Å². The summed E-state index contributed by atoms with van der Waals surface area (Å²) < 4.78 is 5.11. The maximum absolute atomic E-state index is 11.6. The molecule has 96 valence electrons. The Kier molecular flexibility index (Phi) is 4.87. The van der Waals surface area contributed by atoms with Crippen molar-refractivity contribution in [3.05, 3.63) is 29.3 Å². The molecule has 0 aliphatic heterocycles. The van der Waals surface area contributed by atoms with Crippen LogP contribution >= 0.6 is 0 Å². The lowest BCUT2D eigenvalue weighted by Gasteiger charge is -2.28. The Hall–Kier alpha value is -1.86. The van der Waals surface area contributed by atoms with E-state index in [2.05, 4.69) is 6.07 Å². The van der Waals surface area contributed by atoms with E-state index in [0.29, 0.717) is 17.7 Å². The van der Waals surface area contributed by atoms with Crippen LogP contribution in [0.25, 0.3) is 0 Å². The minimum absolute atomic E-state index is 0.00837. The van der Waals surface area contributed by atoms with E-state index >= 15 is 0 Å². The van der Waals surface area contributed by atoms with Crippen LogP contribution in [-0.2, 0) is 4.74 Å². The molecule has 18 heavy (non-hydrogen) atoms. The number of Topliss-reactive ketones (excluding diaryl/α,β-unsaturated/α-hetero) is 1. The maximum Gasteiger partial charge on any atom is 0.161 e. The quantitative estimate of drug-likeness (QED) is 0.748. The van der Waals surface area contributed by atoms with E-state index in [1.54, 1.807) is 25.3 Å². The van der Waals surface area contributed by atoms with Gasteiger partial charge in [0.1, 0.15) is 0 Å². The van der Waals surface area contributed by atoms with Gasteiger partial charge in [-0.15, -0.1) is 0 Å². The molecule has 0 N–H and O–H groups in total. The molecule has 0 saturated heterocycles. The van der Waals surface area contributed by atoms with Gasteiger partial charge >= 0.3 is 0 Å². The molecule has 1 aromatic rings. The van der Waals surface area contributed by atoms with E-state index in [-0.39, 0.29) is 11.8 Å². The normalized spacial score (nSPS) is 11.7. The van der Waals surface area contributed by atoms with Crippen LogP contribution in [0.1, 0.15) is 29.8 Å². The zero-order valence-corrected chi connectivity index (χ0v) is 11.2. The molecule has 0 heterocycles. The van der Waals surface area contributed by atoms with Crippen LogP contribution < -0.4 is 4.90 Å². The molecule has 0 radical (unpaired) electrons. The second-order valence-electron chi connectivity index (χ2n) is 4.32. The Bertz CT molecular complexity index is 477. The highest BCUT2D eigenvalue weighted by atomic mass is 16.5. The van der Waals surface area contributed by atoms with Gasteiger partial charge in [0.05, 0.1) is 18.2 Å². The third kappa shape index (κ3) is 3.08. The molecule has 0 amide bonds. The molecule has 4 nitrogen and oxygen atoms in total. The van der Waals surface area contributed by atoms with Gasteiger partial charge in [0.15, 0.2) is 5.78 Å². The standard InChI is InChI=1S/C14H18N2O2/c1-10(9-18-4)16(3)14-7-12(8-15)5-6-13(14)11(2)17/h5-7,10H,9H2,1-4H3. The first kappa shape index (κ1) is 14.2. The summed E-state index contributed by atoms with van der Waals surface area (Å²) in [4.78, 5) is 13.6. The summed E-state index contributed by atoms with van der Waals surface area (Å²) in [6, 6.07) is 7.32. The second kappa shape index (κ2) is 6.18. The van der Waals surface area contributed by atoms with E-state index in [0.717, 1.165) is 5.69 Å². The first-order valence-electron chi connectivity index (χ1n) is 5.78. The molecule has 0 aromatic heterocycles. The molecule has 0 aliphatic carbocycles. The van der Waals surface area contributed by atoms with Crippen molar-refractivity contribution in [3.63, 3.8) is 0 Å². The summed E-state index contributed by atoms with van der Waals surface area (Å²) in [6.07, 6.45) is 0. The minimum atomic E-state index is -0.00837. The molecular weight excluding hydrogens is 228 g/mol. The lowest BCUT2D eigenvalue weighted by atomic mass is 10.0. The van der Waals surface area contributed by atoms with E-state index in [9.17, 15) is 4.79 Å². The van der Waals surface area contributed by atoms with Crippen molar-refractivity contribution in [3.8, 4) is 6.07 Å². The molecule has 1 atom stereocenters. The first-order valence-corrected chi connectivity index (χ1v) is 5.78. The molecule has 1 aromatic carbocycles. The van der Waals surface area contributed by atoms with Gasteiger partial charge in [0, 0.05) is 31.5 Å². The van der Waals surface area contributed by atoms with Crippen LogP contribution in [0.4, 0.5) is 5.69 Å². The van der Waals surface area contributed by atoms with E-state index < -0.39 is 0 Å². The SMILES string of the molecule is COCC(C)N(C)c1cc(C#N)ccc1C(C)=O. The smallest absolute Gasteiger partial charge is 0.161 e. The summed E-state index contributed by atoms with van der Waals surface area (Å²) >= 11 is 0. The predicted molar refractivity (Wildman–Crippen MR) is 70.9 cm³/mol. The third-order valence-electron chi connectivity index (χ3n) is 2.96. The van der Waals surface area contributed by atoms with Gasteiger partial charge < -0.3 is 9.64 Å². The fourth-order valence-electron chi connectivity index (χ4n) is 1.78. The van der Waals surface area contributed by atoms with Crippen LogP contribution in [0.15, 0.2) is 18.2 Å². The van der Waals surface area contributed by atoms with Crippen LogP contribution in [-0.4, -0.2) is 32.6 Å². The number of carbonyl (C=O) groups excluding carboxylic acids is 1. The summed E-state index contributed by atoms with van der Waals surface area (Å²) in [5.74, 6) is -0.00837. The molecule has 4 heteroatoms. The summed E-state index contributed by atoms with van der Waals surface area (Å²) in [5.41, 5.74) is 1.94. The molecule has 0 saturated carbocycles. The Balaban J connectivity index is 3.19. The number of carbonyl (C=O) groups is 1. The van der Waals surface area contributed by atoms with Crippen LogP contribution in [0.3, 0.4) is 0 Å². The van der Waals surface area contributed by atoms with Gasteiger partial charge in [0.25, 0.3) is 0 Å². The summed E-state index contributed by atoms with van der Waals surface area (Å²) in [6.45, 7) is 4.09. The number of anilines is 1. The van der Waals surface area contributed by atoms with Gasteiger partial charge in [-0.3, -0.25) is 4.79 Å². The molecule has 1 rings (SSSR count). The third-order valence-corrected chi connectivity index (χ3v) is 2.96. The molecule has 0 bridgehead atoms. The maximum atomic E-state index is 11.6. The largest absolute Gasteiger partial charge is 0.383 e. The van der Waals surface area contributed by atoms with Crippen molar-refractivity contribution in [2.24, 2.45) is 0 Å². The number of hydrogen-bond donors (Lipinski definition) is 0. The van der Waals surface area contributed by atoms with E-state index in [4.69, 9.17) is 10.00 Å². The Morgan fingerprint density at radius 1 is 1.56 bits per heavy atom. The fraction of sp³-hybridized carbons (Fsp3) is 0.429. The van der Waals surface area contributed by atoms with Crippen LogP contribution in [0, 0.1) is 11.3 Å². The zero-order chi connectivity index (χ0) is 13.7. The monoisotopic (exact) mass is 246 g/mol. The van der Waals surface area contributed by atoms with Crippen LogP contribution in [0.5, 0.6) is 0 Å².